The first-order valence-corrected chi connectivity index (χ1v) is 3.46. The van der Waals surface area contributed by atoms with Gasteiger partial charge in [-0.05, 0) is 12.1 Å². The molecule has 0 fully saturated rings. The van der Waals surface area contributed by atoms with Crippen molar-refractivity contribution in [3.8, 4) is 0 Å². The number of nitrogens with two attached hydrogens (primary N) is 1. The van der Waals surface area contributed by atoms with Gasteiger partial charge in [0.2, 0.25) is 6.41 Å². The fraction of sp³-hybridized carbons (Fsp3) is 0.143. The normalized spacial score (nSPS) is 9.00. The maximum Gasteiger partial charge on any atom is 0.208 e. The lowest BCUT2D eigenvalue weighted by Gasteiger charge is -2.06. The van der Waals surface area contributed by atoms with Crippen molar-refractivity contribution in [3.63, 3.8) is 0 Å². The number of hydrogen-bond acceptors (Lipinski definition) is 4. The van der Waals surface area contributed by atoms with Gasteiger partial charge in [-0.2, -0.15) is 0 Å². The van der Waals surface area contributed by atoms with Gasteiger partial charge in [0, 0.05) is 6.20 Å². The van der Waals surface area contributed by atoms with Gasteiger partial charge in [-0.1, -0.05) is 0 Å². The second kappa shape index (κ2) is 4.17. The van der Waals surface area contributed by atoms with Crippen molar-refractivity contribution < 1.29 is 4.79 Å². The highest BCUT2D eigenvalue weighted by atomic mass is 16.1. The van der Waals surface area contributed by atoms with Gasteiger partial charge in [0.15, 0.2) is 0 Å². The number of carbonyl (C=O) groups excluding carboxylic acids is 1. The van der Waals surface area contributed by atoms with Crippen molar-refractivity contribution in [1.82, 2.24) is 10.3 Å². The van der Waals surface area contributed by atoms with Gasteiger partial charge in [-0.15, -0.1) is 0 Å². The Morgan fingerprint density at radius 3 is 3.17 bits per heavy atom. The topological polar surface area (TPSA) is 80.0 Å². The lowest BCUT2D eigenvalue weighted by molar-refractivity contribution is -0.109. The monoisotopic (exact) mass is 166 g/mol. The van der Waals surface area contributed by atoms with E-state index in [2.05, 4.69) is 15.6 Å². The smallest absolute Gasteiger partial charge is 0.208 e. The van der Waals surface area contributed by atoms with E-state index in [1.807, 2.05) is 0 Å². The molecule has 1 amide bonds. The second-order valence-corrected chi connectivity index (χ2v) is 2.11. The maximum absolute atomic E-state index is 9.88. The van der Waals surface area contributed by atoms with Crippen LogP contribution in [0, 0.1) is 0 Å². The van der Waals surface area contributed by atoms with Crippen LogP contribution in [0.25, 0.3) is 0 Å². The number of rotatable bonds is 4. The van der Waals surface area contributed by atoms with Crippen LogP contribution in [0.2, 0.25) is 0 Å². The predicted molar refractivity (Wildman–Crippen MR) is 46.3 cm³/mol. The minimum Gasteiger partial charge on any atom is -0.382 e. The zero-order chi connectivity index (χ0) is 8.81. The molecule has 0 bridgehead atoms. The zero-order valence-electron chi connectivity index (χ0n) is 6.45. The molecule has 0 aromatic carbocycles. The van der Waals surface area contributed by atoms with E-state index in [0.717, 1.165) is 0 Å². The summed E-state index contributed by atoms with van der Waals surface area (Å²) in [6.45, 7) is 0.347. The second-order valence-electron chi connectivity index (χ2n) is 2.11. The van der Waals surface area contributed by atoms with Crippen LogP contribution < -0.4 is 16.4 Å². The van der Waals surface area contributed by atoms with E-state index in [4.69, 9.17) is 5.73 Å². The molecule has 1 rings (SSSR count). The van der Waals surface area contributed by atoms with Crippen molar-refractivity contribution in [2.24, 2.45) is 0 Å². The lowest BCUT2D eigenvalue weighted by Crippen LogP contribution is -2.20. The summed E-state index contributed by atoms with van der Waals surface area (Å²) in [7, 11) is 0. The van der Waals surface area contributed by atoms with Crippen LogP contribution in [0.5, 0.6) is 0 Å². The Bertz CT molecular complexity index is 263. The lowest BCUT2D eigenvalue weighted by atomic mass is 10.4. The first-order chi connectivity index (χ1) is 5.84. The molecule has 64 valence electrons. The first-order valence-electron chi connectivity index (χ1n) is 3.46. The van der Waals surface area contributed by atoms with E-state index >= 15 is 0 Å². The molecule has 1 aromatic heterocycles. The zero-order valence-corrected chi connectivity index (χ0v) is 6.45. The molecule has 4 N–H and O–H groups in total. The number of aromatic nitrogens is 1. The molecule has 0 saturated carbocycles. The number of nitrogen functional groups attached to an aromatic ring is 1. The number of nitrogens with one attached hydrogen (secondary N) is 2. The summed E-state index contributed by atoms with van der Waals surface area (Å²) in [4.78, 5) is 13.7. The van der Waals surface area contributed by atoms with E-state index < -0.39 is 0 Å². The molecule has 0 saturated heterocycles. The summed E-state index contributed by atoms with van der Waals surface area (Å²) < 4.78 is 0. The molecule has 0 aliphatic heterocycles. The Morgan fingerprint density at radius 2 is 2.50 bits per heavy atom. The standard InChI is InChI=1S/C7H10N4O/c8-7-6(2-1-3-10-7)11-4-9-5-12/h1-3,5,11H,4H2,(H2,8,10)(H,9,12). The number of hydrogen-bond donors (Lipinski definition) is 3. The third-order valence-corrected chi connectivity index (χ3v) is 1.30. The number of pyridine rings is 1. The SMILES string of the molecule is Nc1ncccc1NCNC=O. The molecular formula is C7H10N4O. The van der Waals surface area contributed by atoms with E-state index in [-0.39, 0.29) is 0 Å². The minimum absolute atomic E-state index is 0.347. The van der Waals surface area contributed by atoms with Gasteiger partial charge in [0.25, 0.3) is 0 Å². The average molecular weight is 166 g/mol. The summed E-state index contributed by atoms with van der Waals surface area (Å²) >= 11 is 0. The Morgan fingerprint density at radius 1 is 1.67 bits per heavy atom. The average Bonchev–Trinajstić information content (AvgIpc) is 2.09. The van der Waals surface area contributed by atoms with Crippen molar-refractivity contribution >= 4 is 17.9 Å². The van der Waals surface area contributed by atoms with Crippen molar-refractivity contribution in [2.75, 3.05) is 17.7 Å². The fourth-order valence-electron chi connectivity index (χ4n) is 0.755. The molecule has 0 unspecified atom stereocenters. The number of nitrogens with zero attached hydrogens (tertiary/aromatic N) is 1. The molecule has 0 aliphatic carbocycles. The van der Waals surface area contributed by atoms with Gasteiger partial charge in [0.05, 0.1) is 12.4 Å². The summed E-state index contributed by atoms with van der Waals surface area (Å²) in [5.74, 6) is 0.421. The molecule has 5 nitrogen and oxygen atoms in total. The molecule has 0 spiro atoms. The molecular weight excluding hydrogens is 156 g/mol. The highest BCUT2D eigenvalue weighted by molar-refractivity contribution is 5.61. The molecule has 12 heavy (non-hydrogen) atoms. The van der Waals surface area contributed by atoms with Crippen LogP contribution in [0.15, 0.2) is 18.3 Å². The van der Waals surface area contributed by atoms with Gasteiger partial charge in [-0.25, -0.2) is 4.98 Å². The van der Waals surface area contributed by atoms with Crippen LogP contribution in [-0.4, -0.2) is 18.1 Å². The summed E-state index contributed by atoms with van der Waals surface area (Å²) in [5, 5.41) is 5.33. The largest absolute Gasteiger partial charge is 0.382 e. The van der Waals surface area contributed by atoms with Crippen LogP contribution >= 0.6 is 0 Å². The minimum atomic E-state index is 0.347. The summed E-state index contributed by atoms with van der Waals surface area (Å²) in [6.07, 6.45) is 2.22. The molecule has 0 atom stereocenters. The van der Waals surface area contributed by atoms with E-state index in [1.54, 1.807) is 18.3 Å². The summed E-state index contributed by atoms with van der Waals surface area (Å²) in [6, 6.07) is 3.55. The van der Waals surface area contributed by atoms with Crippen molar-refractivity contribution in [3.05, 3.63) is 18.3 Å². The highest BCUT2D eigenvalue weighted by Gasteiger charge is 1.94. The fourth-order valence-corrected chi connectivity index (χ4v) is 0.755. The maximum atomic E-state index is 9.88. The van der Waals surface area contributed by atoms with Crippen LogP contribution in [0.4, 0.5) is 11.5 Å². The first kappa shape index (κ1) is 8.32. The third kappa shape index (κ3) is 2.12. The Kier molecular flexibility index (Phi) is 2.89. The Hall–Kier alpha value is -1.78. The predicted octanol–water partition coefficient (Wildman–Crippen LogP) is -0.221. The molecule has 1 heterocycles. The van der Waals surface area contributed by atoms with Crippen LogP contribution in [0.3, 0.4) is 0 Å². The number of anilines is 2. The number of amides is 1. The molecule has 0 radical (unpaired) electrons. The molecule has 0 aliphatic rings. The van der Waals surface area contributed by atoms with Gasteiger partial charge in [-0.3, -0.25) is 4.79 Å². The van der Waals surface area contributed by atoms with Gasteiger partial charge >= 0.3 is 0 Å². The van der Waals surface area contributed by atoms with Crippen molar-refractivity contribution in [1.29, 1.82) is 0 Å². The molecule has 5 heteroatoms. The Balaban J connectivity index is 2.51. The van der Waals surface area contributed by atoms with Crippen LogP contribution in [0.1, 0.15) is 0 Å². The van der Waals surface area contributed by atoms with E-state index in [0.29, 0.717) is 24.6 Å². The third-order valence-electron chi connectivity index (χ3n) is 1.30. The van der Waals surface area contributed by atoms with Crippen LogP contribution in [-0.2, 0) is 4.79 Å². The van der Waals surface area contributed by atoms with E-state index in [1.165, 1.54) is 0 Å². The van der Waals surface area contributed by atoms with Gasteiger partial charge in [0.1, 0.15) is 5.82 Å². The number of carbonyl (C=O) groups is 1. The summed E-state index contributed by atoms with van der Waals surface area (Å²) in [5.41, 5.74) is 6.23. The van der Waals surface area contributed by atoms with Gasteiger partial charge < -0.3 is 16.4 Å². The van der Waals surface area contributed by atoms with E-state index in [9.17, 15) is 4.79 Å². The Labute approximate surface area is 70.0 Å². The highest BCUT2D eigenvalue weighted by Crippen LogP contribution is 2.11. The molecule has 1 aromatic rings. The quantitative estimate of drug-likeness (QED) is 0.328. The van der Waals surface area contributed by atoms with Crippen molar-refractivity contribution in [2.45, 2.75) is 0 Å².